The quantitative estimate of drug-likeness (QED) is 0.884. The Morgan fingerprint density at radius 1 is 0.905 bits per heavy atom. The van der Waals surface area contributed by atoms with Crippen LogP contribution in [-0.4, -0.2) is 20.3 Å². The van der Waals surface area contributed by atoms with E-state index in [1.807, 2.05) is 24.3 Å². The van der Waals surface area contributed by atoms with Crippen molar-refractivity contribution in [2.45, 2.75) is 6.61 Å². The Labute approximate surface area is 123 Å². The number of benzene rings is 2. The van der Waals surface area contributed by atoms with Crippen molar-refractivity contribution in [2.24, 2.45) is 0 Å². The normalized spacial score (nSPS) is 10.0. The Hall–Kier alpha value is -2.53. The van der Waals surface area contributed by atoms with Crippen molar-refractivity contribution in [3.8, 4) is 5.75 Å². The predicted molar refractivity (Wildman–Crippen MR) is 82.8 cm³/mol. The molecule has 0 bridgehead atoms. The molecule has 110 valence electrons. The maximum atomic E-state index is 11.9. The summed E-state index contributed by atoms with van der Waals surface area (Å²) in [6, 6.07) is 14.3. The van der Waals surface area contributed by atoms with Crippen LogP contribution in [0.2, 0.25) is 0 Å². The van der Waals surface area contributed by atoms with Crippen LogP contribution in [0.15, 0.2) is 48.5 Å². The van der Waals surface area contributed by atoms with Crippen molar-refractivity contribution in [3.63, 3.8) is 0 Å². The lowest BCUT2D eigenvalue weighted by molar-refractivity contribution is 0.185. The van der Waals surface area contributed by atoms with E-state index in [2.05, 4.69) is 10.6 Å². The van der Waals surface area contributed by atoms with Gasteiger partial charge in [-0.2, -0.15) is 0 Å². The molecule has 0 spiro atoms. The first-order chi connectivity index (χ1) is 10.2. The second-order valence-electron chi connectivity index (χ2n) is 4.44. The molecule has 2 rings (SSSR count). The maximum Gasteiger partial charge on any atom is 0.323 e. The number of hydrogen-bond acceptors (Lipinski definition) is 3. The Bertz CT molecular complexity index is 579. The summed E-state index contributed by atoms with van der Waals surface area (Å²) in [5.74, 6) is 0.745. The summed E-state index contributed by atoms with van der Waals surface area (Å²) in [5.41, 5.74) is 2.48. The third-order valence-electron chi connectivity index (χ3n) is 2.87. The molecule has 0 fully saturated rings. The van der Waals surface area contributed by atoms with Crippen molar-refractivity contribution >= 4 is 17.4 Å². The van der Waals surface area contributed by atoms with Crippen molar-refractivity contribution in [1.29, 1.82) is 0 Å². The van der Waals surface area contributed by atoms with E-state index in [1.54, 1.807) is 38.5 Å². The number of nitrogens with one attached hydrogen (secondary N) is 2. The van der Waals surface area contributed by atoms with E-state index in [0.29, 0.717) is 12.3 Å². The fourth-order valence-electron chi connectivity index (χ4n) is 1.82. The standard InChI is InChI=1S/C16H18N2O3/c1-20-11-12-3-5-13(6-4-12)17-16(19)18-14-7-9-15(21-2)10-8-14/h3-10H,11H2,1-2H3,(H2,17,18,19). The second-order valence-corrected chi connectivity index (χ2v) is 4.44. The predicted octanol–water partition coefficient (Wildman–Crippen LogP) is 3.49. The average Bonchev–Trinajstić information content (AvgIpc) is 2.50. The van der Waals surface area contributed by atoms with Gasteiger partial charge in [0.2, 0.25) is 0 Å². The lowest BCUT2D eigenvalue weighted by Crippen LogP contribution is -2.19. The van der Waals surface area contributed by atoms with Crippen LogP contribution in [-0.2, 0) is 11.3 Å². The summed E-state index contributed by atoms with van der Waals surface area (Å²) in [5, 5.41) is 5.52. The zero-order valence-electron chi connectivity index (χ0n) is 12.1. The van der Waals surface area contributed by atoms with E-state index in [4.69, 9.17) is 9.47 Å². The minimum atomic E-state index is -0.292. The highest BCUT2D eigenvalue weighted by Gasteiger charge is 2.03. The molecular weight excluding hydrogens is 268 g/mol. The monoisotopic (exact) mass is 286 g/mol. The molecule has 0 saturated carbocycles. The van der Waals surface area contributed by atoms with E-state index in [9.17, 15) is 4.79 Å². The van der Waals surface area contributed by atoms with Gasteiger partial charge in [-0.05, 0) is 42.0 Å². The fourth-order valence-corrected chi connectivity index (χ4v) is 1.82. The van der Waals surface area contributed by atoms with Gasteiger partial charge in [0.25, 0.3) is 0 Å². The number of rotatable bonds is 5. The van der Waals surface area contributed by atoms with Gasteiger partial charge in [0.1, 0.15) is 5.75 Å². The molecule has 21 heavy (non-hydrogen) atoms. The minimum Gasteiger partial charge on any atom is -0.497 e. The summed E-state index contributed by atoms with van der Waals surface area (Å²) in [7, 11) is 3.25. The molecule has 0 radical (unpaired) electrons. The number of carbonyl (C=O) groups is 1. The zero-order chi connectivity index (χ0) is 15.1. The Morgan fingerprint density at radius 2 is 1.43 bits per heavy atom. The molecule has 5 nitrogen and oxygen atoms in total. The lowest BCUT2D eigenvalue weighted by atomic mass is 10.2. The summed E-state index contributed by atoms with van der Waals surface area (Å²) >= 11 is 0. The smallest absolute Gasteiger partial charge is 0.323 e. The van der Waals surface area contributed by atoms with E-state index in [-0.39, 0.29) is 6.03 Å². The van der Waals surface area contributed by atoms with Crippen LogP contribution in [0.3, 0.4) is 0 Å². The Kier molecular flexibility index (Phi) is 5.17. The van der Waals surface area contributed by atoms with Gasteiger partial charge < -0.3 is 20.1 Å². The molecule has 0 aliphatic rings. The molecule has 0 aliphatic heterocycles. The first-order valence-electron chi connectivity index (χ1n) is 6.51. The molecule has 2 aromatic rings. The Balaban J connectivity index is 1.91. The molecule has 2 amide bonds. The molecule has 2 N–H and O–H groups in total. The summed E-state index contributed by atoms with van der Waals surface area (Å²) in [6.45, 7) is 0.554. The molecule has 2 aromatic carbocycles. The van der Waals surface area contributed by atoms with Gasteiger partial charge in [-0.1, -0.05) is 12.1 Å². The van der Waals surface area contributed by atoms with Gasteiger partial charge in [0, 0.05) is 18.5 Å². The highest BCUT2D eigenvalue weighted by molar-refractivity contribution is 5.99. The number of methoxy groups -OCH3 is 2. The van der Waals surface area contributed by atoms with E-state index in [0.717, 1.165) is 17.0 Å². The van der Waals surface area contributed by atoms with Crippen molar-refractivity contribution in [2.75, 3.05) is 24.9 Å². The number of anilines is 2. The number of amides is 2. The number of carbonyl (C=O) groups excluding carboxylic acids is 1. The van der Waals surface area contributed by atoms with Gasteiger partial charge in [-0.25, -0.2) is 4.79 Å². The summed E-state index contributed by atoms with van der Waals surface area (Å²) < 4.78 is 10.1. The van der Waals surface area contributed by atoms with Crippen LogP contribution < -0.4 is 15.4 Å². The molecule has 0 heterocycles. The van der Waals surface area contributed by atoms with Gasteiger partial charge in [0.05, 0.1) is 13.7 Å². The van der Waals surface area contributed by atoms with Crippen LogP contribution in [0.5, 0.6) is 5.75 Å². The number of ether oxygens (including phenoxy) is 2. The van der Waals surface area contributed by atoms with Crippen molar-refractivity contribution in [3.05, 3.63) is 54.1 Å². The number of hydrogen-bond donors (Lipinski definition) is 2. The fraction of sp³-hybridized carbons (Fsp3) is 0.188. The topological polar surface area (TPSA) is 59.6 Å². The van der Waals surface area contributed by atoms with Gasteiger partial charge >= 0.3 is 6.03 Å². The molecule has 0 unspecified atom stereocenters. The third-order valence-corrected chi connectivity index (χ3v) is 2.87. The van der Waals surface area contributed by atoms with Gasteiger partial charge in [-0.3, -0.25) is 0 Å². The third kappa shape index (κ3) is 4.50. The van der Waals surface area contributed by atoms with Crippen LogP contribution >= 0.6 is 0 Å². The van der Waals surface area contributed by atoms with Crippen LogP contribution in [0, 0.1) is 0 Å². The summed E-state index contributed by atoms with van der Waals surface area (Å²) in [6.07, 6.45) is 0. The molecule has 0 saturated heterocycles. The first kappa shape index (κ1) is 14.9. The minimum absolute atomic E-state index is 0.292. The van der Waals surface area contributed by atoms with Gasteiger partial charge in [-0.15, -0.1) is 0 Å². The largest absolute Gasteiger partial charge is 0.497 e. The van der Waals surface area contributed by atoms with Gasteiger partial charge in [0.15, 0.2) is 0 Å². The highest BCUT2D eigenvalue weighted by atomic mass is 16.5. The molecule has 0 aromatic heterocycles. The summed E-state index contributed by atoms with van der Waals surface area (Å²) in [4.78, 5) is 11.9. The highest BCUT2D eigenvalue weighted by Crippen LogP contribution is 2.16. The Morgan fingerprint density at radius 3 is 1.90 bits per heavy atom. The SMILES string of the molecule is COCc1ccc(NC(=O)Nc2ccc(OC)cc2)cc1. The van der Waals surface area contributed by atoms with E-state index in [1.165, 1.54) is 0 Å². The molecule has 0 aliphatic carbocycles. The van der Waals surface area contributed by atoms with Crippen molar-refractivity contribution < 1.29 is 14.3 Å². The molecule has 5 heteroatoms. The zero-order valence-corrected chi connectivity index (χ0v) is 12.1. The van der Waals surface area contributed by atoms with Crippen molar-refractivity contribution in [1.82, 2.24) is 0 Å². The maximum absolute atomic E-state index is 11.9. The number of urea groups is 1. The van der Waals surface area contributed by atoms with Crippen LogP contribution in [0.1, 0.15) is 5.56 Å². The van der Waals surface area contributed by atoms with E-state index >= 15 is 0 Å². The van der Waals surface area contributed by atoms with Crippen LogP contribution in [0.4, 0.5) is 16.2 Å². The van der Waals surface area contributed by atoms with Crippen LogP contribution in [0.25, 0.3) is 0 Å². The second kappa shape index (κ2) is 7.31. The average molecular weight is 286 g/mol. The van der Waals surface area contributed by atoms with E-state index < -0.39 is 0 Å². The molecular formula is C16H18N2O3. The lowest BCUT2D eigenvalue weighted by Gasteiger charge is -2.09. The molecule has 0 atom stereocenters. The first-order valence-corrected chi connectivity index (χ1v) is 6.51.